The SMILES string of the molecule is Cn1ccc(NC(=O)CCn2ccc3ccccc32)n1. The quantitative estimate of drug-likeness (QED) is 0.790. The van der Waals surface area contributed by atoms with Crippen LogP contribution < -0.4 is 5.32 Å². The molecule has 20 heavy (non-hydrogen) atoms. The van der Waals surface area contributed by atoms with Crippen LogP contribution in [-0.2, 0) is 18.4 Å². The fraction of sp³-hybridized carbons (Fsp3) is 0.200. The number of nitrogens with zero attached hydrogens (tertiary/aromatic N) is 3. The van der Waals surface area contributed by atoms with Gasteiger partial charge in [-0.05, 0) is 17.5 Å². The Morgan fingerprint density at radius 2 is 2.05 bits per heavy atom. The summed E-state index contributed by atoms with van der Waals surface area (Å²) in [4.78, 5) is 11.9. The topological polar surface area (TPSA) is 51.9 Å². The molecule has 0 aliphatic heterocycles. The Kier molecular flexibility index (Phi) is 3.25. The first-order valence-electron chi connectivity index (χ1n) is 6.56. The van der Waals surface area contributed by atoms with Gasteiger partial charge in [0.1, 0.15) is 0 Å². The summed E-state index contributed by atoms with van der Waals surface area (Å²) < 4.78 is 3.75. The minimum atomic E-state index is -0.0264. The largest absolute Gasteiger partial charge is 0.347 e. The van der Waals surface area contributed by atoms with Crippen LogP contribution in [0.1, 0.15) is 6.42 Å². The van der Waals surface area contributed by atoms with Gasteiger partial charge in [-0.1, -0.05) is 18.2 Å². The Hall–Kier alpha value is -2.56. The van der Waals surface area contributed by atoms with E-state index in [2.05, 4.69) is 33.2 Å². The highest BCUT2D eigenvalue weighted by Gasteiger charge is 2.06. The molecule has 0 atom stereocenters. The molecule has 2 heterocycles. The number of carbonyl (C=O) groups is 1. The molecular formula is C15H16N4O. The number of rotatable bonds is 4. The zero-order valence-electron chi connectivity index (χ0n) is 11.3. The molecule has 0 bridgehead atoms. The lowest BCUT2D eigenvalue weighted by molar-refractivity contribution is -0.116. The van der Waals surface area contributed by atoms with Crippen molar-refractivity contribution in [3.05, 3.63) is 48.8 Å². The third kappa shape index (κ3) is 2.56. The van der Waals surface area contributed by atoms with Crippen LogP contribution in [0.25, 0.3) is 10.9 Å². The van der Waals surface area contributed by atoms with Gasteiger partial charge in [-0.2, -0.15) is 5.10 Å². The lowest BCUT2D eigenvalue weighted by Crippen LogP contribution is -2.14. The van der Waals surface area contributed by atoms with E-state index in [0.717, 1.165) is 5.52 Å². The second-order valence-corrected chi connectivity index (χ2v) is 4.74. The fourth-order valence-corrected chi connectivity index (χ4v) is 2.24. The summed E-state index contributed by atoms with van der Waals surface area (Å²) in [6, 6.07) is 12.0. The van der Waals surface area contributed by atoms with Crippen molar-refractivity contribution in [2.45, 2.75) is 13.0 Å². The summed E-state index contributed by atoms with van der Waals surface area (Å²) in [5.41, 5.74) is 1.15. The monoisotopic (exact) mass is 268 g/mol. The van der Waals surface area contributed by atoms with Gasteiger partial charge in [-0.15, -0.1) is 0 Å². The Labute approximate surface area is 116 Å². The van der Waals surface area contributed by atoms with Crippen LogP contribution in [0.3, 0.4) is 0 Å². The zero-order chi connectivity index (χ0) is 13.9. The molecule has 0 fully saturated rings. The molecule has 0 unspecified atom stereocenters. The highest BCUT2D eigenvalue weighted by atomic mass is 16.1. The van der Waals surface area contributed by atoms with Gasteiger partial charge in [0.25, 0.3) is 0 Å². The number of carbonyl (C=O) groups excluding carboxylic acids is 1. The molecule has 102 valence electrons. The molecule has 1 amide bonds. The molecular weight excluding hydrogens is 252 g/mol. The lowest BCUT2D eigenvalue weighted by atomic mass is 10.2. The molecule has 1 aromatic carbocycles. The molecule has 1 N–H and O–H groups in total. The molecule has 5 heteroatoms. The van der Waals surface area contributed by atoms with Crippen molar-refractivity contribution in [1.29, 1.82) is 0 Å². The number of hydrogen-bond acceptors (Lipinski definition) is 2. The molecule has 5 nitrogen and oxygen atoms in total. The number of nitrogens with one attached hydrogen (secondary N) is 1. The minimum Gasteiger partial charge on any atom is -0.347 e. The van der Waals surface area contributed by atoms with E-state index in [4.69, 9.17) is 0 Å². The molecule has 3 rings (SSSR count). The molecule has 2 aromatic heterocycles. The molecule has 0 aliphatic carbocycles. The third-order valence-electron chi connectivity index (χ3n) is 3.24. The maximum atomic E-state index is 11.9. The van der Waals surface area contributed by atoms with Crippen LogP contribution in [0.5, 0.6) is 0 Å². The van der Waals surface area contributed by atoms with E-state index in [1.165, 1.54) is 5.39 Å². The Balaban J connectivity index is 1.63. The number of para-hydroxylation sites is 1. The number of benzene rings is 1. The first-order chi connectivity index (χ1) is 9.72. The smallest absolute Gasteiger partial charge is 0.227 e. The fourth-order valence-electron chi connectivity index (χ4n) is 2.24. The Morgan fingerprint density at radius 3 is 2.85 bits per heavy atom. The molecule has 0 radical (unpaired) electrons. The third-order valence-corrected chi connectivity index (χ3v) is 3.24. The second-order valence-electron chi connectivity index (χ2n) is 4.74. The van der Waals surface area contributed by atoms with Crippen molar-refractivity contribution in [2.75, 3.05) is 5.32 Å². The molecule has 0 saturated heterocycles. The summed E-state index contributed by atoms with van der Waals surface area (Å²) in [5, 5.41) is 8.10. The first-order valence-corrected chi connectivity index (χ1v) is 6.56. The number of amides is 1. The average molecular weight is 268 g/mol. The molecule has 0 spiro atoms. The highest BCUT2D eigenvalue weighted by Crippen LogP contribution is 2.15. The van der Waals surface area contributed by atoms with Gasteiger partial charge in [0.2, 0.25) is 5.91 Å². The van der Waals surface area contributed by atoms with Gasteiger partial charge < -0.3 is 9.88 Å². The van der Waals surface area contributed by atoms with Crippen LogP contribution in [0.4, 0.5) is 5.82 Å². The summed E-state index contributed by atoms with van der Waals surface area (Å²) in [6.45, 7) is 0.659. The number of anilines is 1. The van der Waals surface area contributed by atoms with Crippen molar-refractivity contribution in [2.24, 2.45) is 7.05 Å². The predicted octanol–water partition coefficient (Wildman–Crippen LogP) is 2.40. The van der Waals surface area contributed by atoms with Crippen LogP contribution in [0.2, 0.25) is 0 Å². The van der Waals surface area contributed by atoms with Crippen LogP contribution in [0.15, 0.2) is 48.8 Å². The van der Waals surface area contributed by atoms with E-state index in [1.54, 1.807) is 16.9 Å². The highest BCUT2D eigenvalue weighted by molar-refractivity contribution is 5.89. The summed E-state index contributed by atoms with van der Waals surface area (Å²) in [7, 11) is 1.82. The van der Waals surface area contributed by atoms with Crippen LogP contribution in [-0.4, -0.2) is 20.3 Å². The van der Waals surface area contributed by atoms with E-state index in [-0.39, 0.29) is 5.91 Å². The van der Waals surface area contributed by atoms with E-state index in [9.17, 15) is 4.79 Å². The van der Waals surface area contributed by atoms with Crippen LogP contribution >= 0.6 is 0 Å². The van der Waals surface area contributed by atoms with Crippen molar-refractivity contribution in [3.63, 3.8) is 0 Å². The van der Waals surface area contributed by atoms with Gasteiger partial charge in [0, 0.05) is 44.0 Å². The van der Waals surface area contributed by atoms with Crippen LogP contribution in [0, 0.1) is 0 Å². The van der Waals surface area contributed by atoms with E-state index in [0.29, 0.717) is 18.8 Å². The standard InChI is InChI=1S/C15H16N4O/c1-18-9-7-14(17-18)16-15(20)8-11-19-10-6-12-4-2-3-5-13(12)19/h2-7,9-10H,8,11H2,1H3,(H,16,17,20). The average Bonchev–Trinajstić information content (AvgIpc) is 3.03. The molecule has 0 saturated carbocycles. The first kappa shape index (κ1) is 12.5. The van der Waals surface area contributed by atoms with Gasteiger partial charge in [-0.3, -0.25) is 9.48 Å². The van der Waals surface area contributed by atoms with Gasteiger partial charge in [0.05, 0.1) is 0 Å². The van der Waals surface area contributed by atoms with Gasteiger partial charge >= 0.3 is 0 Å². The van der Waals surface area contributed by atoms with Gasteiger partial charge in [-0.25, -0.2) is 0 Å². The summed E-state index contributed by atoms with van der Waals surface area (Å²) in [5.74, 6) is 0.566. The predicted molar refractivity (Wildman–Crippen MR) is 78.4 cm³/mol. The normalized spacial score (nSPS) is 10.8. The summed E-state index contributed by atoms with van der Waals surface area (Å²) >= 11 is 0. The number of aryl methyl sites for hydroxylation is 2. The minimum absolute atomic E-state index is 0.0264. The van der Waals surface area contributed by atoms with Crippen molar-refractivity contribution < 1.29 is 4.79 Å². The second kappa shape index (κ2) is 5.21. The van der Waals surface area contributed by atoms with Crippen molar-refractivity contribution >= 4 is 22.6 Å². The molecule has 3 aromatic rings. The zero-order valence-corrected chi connectivity index (χ0v) is 11.3. The van der Waals surface area contributed by atoms with Gasteiger partial charge in [0.15, 0.2) is 5.82 Å². The lowest BCUT2D eigenvalue weighted by Gasteiger charge is -2.05. The Morgan fingerprint density at radius 1 is 1.20 bits per heavy atom. The Bertz CT molecular complexity index is 741. The number of fused-ring (bicyclic) bond motifs is 1. The van der Waals surface area contributed by atoms with Crippen molar-refractivity contribution in [3.8, 4) is 0 Å². The van der Waals surface area contributed by atoms with E-state index >= 15 is 0 Å². The maximum Gasteiger partial charge on any atom is 0.227 e. The number of aromatic nitrogens is 3. The van der Waals surface area contributed by atoms with E-state index < -0.39 is 0 Å². The maximum absolute atomic E-state index is 11.9. The van der Waals surface area contributed by atoms with E-state index in [1.807, 2.05) is 25.4 Å². The number of hydrogen-bond donors (Lipinski definition) is 1. The van der Waals surface area contributed by atoms with Crippen molar-refractivity contribution in [1.82, 2.24) is 14.3 Å². The summed E-state index contributed by atoms with van der Waals surface area (Å²) in [6.07, 6.45) is 4.24. The molecule has 0 aliphatic rings.